The summed E-state index contributed by atoms with van der Waals surface area (Å²) in [5.41, 5.74) is 0.0109. The van der Waals surface area contributed by atoms with Crippen molar-refractivity contribution < 1.29 is 29.3 Å². The SMILES string of the molecule is CC(C)CP(=O)(O)C/C(=C\CCCCCSCC(=O)O)C(=O)O. The van der Waals surface area contributed by atoms with Gasteiger partial charge in [0, 0.05) is 11.7 Å². The summed E-state index contributed by atoms with van der Waals surface area (Å²) in [6.07, 6.45) is 4.46. The van der Waals surface area contributed by atoms with Crippen LogP contribution in [0.3, 0.4) is 0 Å². The Labute approximate surface area is 141 Å². The summed E-state index contributed by atoms with van der Waals surface area (Å²) in [4.78, 5) is 31.3. The van der Waals surface area contributed by atoms with Gasteiger partial charge in [0.2, 0.25) is 7.37 Å². The van der Waals surface area contributed by atoms with Crippen LogP contribution in [-0.2, 0) is 14.2 Å². The minimum absolute atomic E-state index is 0.0109. The lowest BCUT2D eigenvalue weighted by Crippen LogP contribution is -2.09. The van der Waals surface area contributed by atoms with Crippen LogP contribution >= 0.6 is 19.1 Å². The van der Waals surface area contributed by atoms with Crippen molar-refractivity contribution in [2.24, 2.45) is 5.92 Å². The van der Waals surface area contributed by atoms with Crippen LogP contribution in [-0.4, -0.2) is 50.9 Å². The van der Waals surface area contributed by atoms with Gasteiger partial charge in [0.15, 0.2) is 0 Å². The first-order valence-corrected chi connectivity index (χ1v) is 10.8. The molecule has 0 fully saturated rings. The lowest BCUT2D eigenvalue weighted by atomic mass is 10.1. The van der Waals surface area contributed by atoms with Crippen LogP contribution in [0.15, 0.2) is 11.6 Å². The normalized spacial score (nSPS) is 14.7. The molecule has 0 aromatic carbocycles. The van der Waals surface area contributed by atoms with Crippen molar-refractivity contribution in [2.45, 2.75) is 39.5 Å². The maximum absolute atomic E-state index is 12.0. The second-order valence-corrected chi connectivity index (χ2v) is 9.39. The molecule has 1 unspecified atom stereocenters. The van der Waals surface area contributed by atoms with Crippen molar-refractivity contribution in [1.29, 1.82) is 0 Å². The molecule has 0 amide bonds. The Hall–Kier alpha value is -0.780. The van der Waals surface area contributed by atoms with Crippen molar-refractivity contribution >= 4 is 31.1 Å². The van der Waals surface area contributed by atoms with Gasteiger partial charge in [-0.25, -0.2) is 4.79 Å². The number of aliphatic carboxylic acids is 2. The zero-order valence-electron chi connectivity index (χ0n) is 13.7. The molecule has 0 rings (SSSR count). The molecule has 0 spiro atoms. The van der Waals surface area contributed by atoms with Gasteiger partial charge in [-0.3, -0.25) is 9.36 Å². The first-order chi connectivity index (χ1) is 10.6. The molecule has 8 heteroatoms. The van der Waals surface area contributed by atoms with E-state index in [1.807, 2.05) is 13.8 Å². The number of rotatable bonds is 13. The lowest BCUT2D eigenvalue weighted by molar-refractivity contribution is -0.134. The maximum Gasteiger partial charge on any atom is 0.331 e. The predicted molar refractivity (Wildman–Crippen MR) is 93.5 cm³/mol. The summed E-state index contributed by atoms with van der Waals surface area (Å²) in [6.45, 7) is 3.66. The average Bonchev–Trinajstić information content (AvgIpc) is 2.38. The van der Waals surface area contributed by atoms with E-state index in [2.05, 4.69) is 0 Å². The largest absolute Gasteiger partial charge is 0.481 e. The summed E-state index contributed by atoms with van der Waals surface area (Å²) in [5.74, 6) is -1.05. The third-order valence-corrected chi connectivity index (χ3v) is 6.12. The van der Waals surface area contributed by atoms with E-state index in [0.29, 0.717) is 6.42 Å². The van der Waals surface area contributed by atoms with Crippen molar-refractivity contribution in [3.8, 4) is 0 Å². The summed E-state index contributed by atoms with van der Waals surface area (Å²) < 4.78 is 12.0. The first-order valence-electron chi connectivity index (χ1n) is 7.66. The zero-order chi connectivity index (χ0) is 17.9. The molecule has 0 heterocycles. The smallest absolute Gasteiger partial charge is 0.331 e. The molecule has 0 aromatic rings. The molecular weight excluding hydrogens is 339 g/mol. The molecule has 0 bridgehead atoms. The van der Waals surface area contributed by atoms with Gasteiger partial charge in [0.1, 0.15) is 0 Å². The zero-order valence-corrected chi connectivity index (χ0v) is 15.4. The molecule has 0 radical (unpaired) electrons. The van der Waals surface area contributed by atoms with Crippen molar-refractivity contribution in [3.05, 3.63) is 11.6 Å². The van der Waals surface area contributed by atoms with Crippen LogP contribution in [0.1, 0.15) is 39.5 Å². The minimum Gasteiger partial charge on any atom is -0.481 e. The molecule has 6 nitrogen and oxygen atoms in total. The van der Waals surface area contributed by atoms with E-state index in [9.17, 15) is 19.0 Å². The van der Waals surface area contributed by atoms with Gasteiger partial charge >= 0.3 is 11.9 Å². The Balaban J connectivity index is 4.16. The molecule has 0 saturated heterocycles. The van der Waals surface area contributed by atoms with Gasteiger partial charge in [-0.1, -0.05) is 26.3 Å². The summed E-state index contributed by atoms with van der Waals surface area (Å²) >= 11 is 1.37. The van der Waals surface area contributed by atoms with Gasteiger partial charge in [0.25, 0.3) is 0 Å². The van der Waals surface area contributed by atoms with Gasteiger partial charge < -0.3 is 15.1 Å². The molecule has 0 aliphatic carbocycles. The number of hydrogen-bond donors (Lipinski definition) is 3. The quantitative estimate of drug-likeness (QED) is 0.260. The van der Waals surface area contributed by atoms with E-state index in [1.165, 1.54) is 17.8 Å². The molecule has 3 N–H and O–H groups in total. The fourth-order valence-electron chi connectivity index (χ4n) is 2.08. The van der Waals surface area contributed by atoms with E-state index in [1.54, 1.807) is 0 Å². The standard InChI is InChI=1S/C15H27O6PS/c1-12(2)9-22(20,21)10-13(15(18)19)7-5-3-4-6-8-23-11-14(16)17/h7,12H,3-6,8-11H2,1-2H3,(H,16,17)(H,18,19)(H,20,21)/b13-7+. The Morgan fingerprint density at radius 1 is 1.17 bits per heavy atom. The van der Waals surface area contributed by atoms with Crippen LogP contribution in [0.5, 0.6) is 0 Å². The number of allylic oxidation sites excluding steroid dienone is 1. The molecule has 134 valence electrons. The average molecular weight is 366 g/mol. The molecule has 0 aromatic heterocycles. The Morgan fingerprint density at radius 2 is 1.83 bits per heavy atom. The van der Waals surface area contributed by atoms with E-state index in [4.69, 9.17) is 10.2 Å². The van der Waals surface area contributed by atoms with Crippen LogP contribution in [0.25, 0.3) is 0 Å². The fourth-order valence-corrected chi connectivity index (χ4v) is 4.88. The highest BCUT2D eigenvalue weighted by Gasteiger charge is 2.24. The summed E-state index contributed by atoms with van der Waals surface area (Å²) in [5, 5.41) is 17.6. The lowest BCUT2D eigenvalue weighted by Gasteiger charge is -2.14. The van der Waals surface area contributed by atoms with Gasteiger partial charge in [-0.15, -0.1) is 0 Å². The molecular formula is C15H27O6PS. The molecule has 23 heavy (non-hydrogen) atoms. The third-order valence-electron chi connectivity index (χ3n) is 2.95. The fraction of sp³-hybridized carbons (Fsp3) is 0.733. The maximum atomic E-state index is 12.0. The minimum atomic E-state index is -3.45. The van der Waals surface area contributed by atoms with Crippen LogP contribution in [0.2, 0.25) is 0 Å². The summed E-state index contributed by atoms with van der Waals surface area (Å²) in [7, 11) is -3.45. The Kier molecular flexibility index (Phi) is 11.3. The highest BCUT2D eigenvalue weighted by molar-refractivity contribution is 7.99. The number of hydrogen-bond acceptors (Lipinski definition) is 4. The van der Waals surface area contributed by atoms with E-state index in [0.717, 1.165) is 25.0 Å². The number of carbonyl (C=O) groups is 2. The first kappa shape index (κ1) is 22.2. The van der Waals surface area contributed by atoms with Crippen molar-refractivity contribution in [3.63, 3.8) is 0 Å². The second-order valence-electron chi connectivity index (χ2n) is 5.91. The highest BCUT2D eigenvalue weighted by Crippen LogP contribution is 2.44. The van der Waals surface area contributed by atoms with Gasteiger partial charge in [0.05, 0.1) is 11.9 Å². The Bertz CT molecular complexity index is 461. The monoisotopic (exact) mass is 366 g/mol. The van der Waals surface area contributed by atoms with Gasteiger partial charge in [-0.05, 0) is 30.9 Å². The van der Waals surface area contributed by atoms with Crippen LogP contribution < -0.4 is 0 Å². The predicted octanol–water partition coefficient (Wildman–Crippen LogP) is 3.30. The highest BCUT2D eigenvalue weighted by atomic mass is 32.2. The number of thioether (sulfide) groups is 1. The van der Waals surface area contributed by atoms with Crippen LogP contribution in [0.4, 0.5) is 0 Å². The third kappa shape index (κ3) is 13.4. The molecule has 0 aliphatic heterocycles. The van der Waals surface area contributed by atoms with Gasteiger partial charge in [-0.2, -0.15) is 11.8 Å². The molecule has 0 aliphatic rings. The van der Waals surface area contributed by atoms with Crippen LogP contribution in [0, 0.1) is 5.92 Å². The second kappa shape index (κ2) is 11.7. The van der Waals surface area contributed by atoms with E-state index in [-0.39, 0.29) is 29.6 Å². The number of carboxylic acids is 2. The topological polar surface area (TPSA) is 112 Å². The van der Waals surface area contributed by atoms with Crippen molar-refractivity contribution in [1.82, 2.24) is 0 Å². The molecule has 0 saturated carbocycles. The number of carboxylic acid groups (broad SMARTS) is 2. The van der Waals surface area contributed by atoms with E-state index >= 15 is 0 Å². The summed E-state index contributed by atoms with van der Waals surface area (Å²) in [6, 6.07) is 0. The Morgan fingerprint density at radius 3 is 2.35 bits per heavy atom. The van der Waals surface area contributed by atoms with E-state index < -0.39 is 19.3 Å². The number of unbranched alkanes of at least 4 members (excludes halogenated alkanes) is 3. The molecule has 1 atom stereocenters. The van der Waals surface area contributed by atoms with Crippen molar-refractivity contribution in [2.75, 3.05) is 23.8 Å².